The van der Waals surface area contributed by atoms with E-state index in [0.29, 0.717) is 11.5 Å². The van der Waals surface area contributed by atoms with E-state index in [-0.39, 0.29) is 0 Å². The first kappa shape index (κ1) is 10.0. The molecule has 1 fully saturated rings. The highest BCUT2D eigenvalue weighted by Gasteiger charge is 2.31. The summed E-state index contributed by atoms with van der Waals surface area (Å²) in [4.78, 5) is 2.56. The summed E-state index contributed by atoms with van der Waals surface area (Å²) in [5.41, 5.74) is 0.409. The second-order valence-corrected chi connectivity index (χ2v) is 4.47. The third-order valence-electron chi connectivity index (χ3n) is 3.24. The Balaban J connectivity index is 2.66. The van der Waals surface area contributed by atoms with Crippen LogP contribution in [-0.4, -0.2) is 37.1 Å². The molecule has 2 heteroatoms. The standard InChI is InChI=1S/C10H22N2/c1-5-12-7-6-11-8-10(3,4)9(12)2/h9,11H,5-8H2,1-4H3. The number of nitrogens with zero attached hydrogens (tertiary/aromatic N) is 1. The Kier molecular flexibility index (Phi) is 3.13. The molecule has 0 aliphatic carbocycles. The molecular formula is C10H22N2. The molecule has 0 aromatic heterocycles. The van der Waals surface area contributed by atoms with Gasteiger partial charge in [-0.2, -0.15) is 0 Å². The smallest absolute Gasteiger partial charge is 0.0131 e. The van der Waals surface area contributed by atoms with Gasteiger partial charge < -0.3 is 5.32 Å². The van der Waals surface area contributed by atoms with Crippen LogP contribution < -0.4 is 5.32 Å². The van der Waals surface area contributed by atoms with Crippen LogP contribution in [0.15, 0.2) is 0 Å². The second-order valence-electron chi connectivity index (χ2n) is 4.47. The highest BCUT2D eigenvalue weighted by molar-refractivity contribution is 4.87. The number of nitrogens with one attached hydrogen (secondary N) is 1. The fourth-order valence-electron chi connectivity index (χ4n) is 1.90. The minimum atomic E-state index is 0.409. The lowest BCUT2D eigenvalue weighted by Crippen LogP contribution is -2.43. The van der Waals surface area contributed by atoms with Crippen molar-refractivity contribution in [1.82, 2.24) is 10.2 Å². The van der Waals surface area contributed by atoms with E-state index < -0.39 is 0 Å². The minimum Gasteiger partial charge on any atom is -0.315 e. The molecule has 0 spiro atoms. The van der Waals surface area contributed by atoms with Crippen LogP contribution in [0.1, 0.15) is 27.7 Å². The summed E-state index contributed by atoms with van der Waals surface area (Å²) >= 11 is 0. The predicted octanol–water partition coefficient (Wildman–Crippen LogP) is 1.33. The van der Waals surface area contributed by atoms with Gasteiger partial charge in [-0.3, -0.25) is 4.90 Å². The number of rotatable bonds is 1. The Bertz CT molecular complexity index is 143. The summed E-state index contributed by atoms with van der Waals surface area (Å²) in [7, 11) is 0. The first-order chi connectivity index (χ1) is 5.58. The maximum Gasteiger partial charge on any atom is 0.0131 e. The maximum absolute atomic E-state index is 3.49. The van der Waals surface area contributed by atoms with Gasteiger partial charge in [-0.1, -0.05) is 20.8 Å². The van der Waals surface area contributed by atoms with Crippen molar-refractivity contribution in [2.75, 3.05) is 26.2 Å². The van der Waals surface area contributed by atoms with Crippen molar-refractivity contribution in [3.8, 4) is 0 Å². The summed E-state index contributed by atoms with van der Waals surface area (Å²) in [6, 6.07) is 0.692. The quantitative estimate of drug-likeness (QED) is 0.638. The summed E-state index contributed by atoms with van der Waals surface area (Å²) < 4.78 is 0. The zero-order valence-electron chi connectivity index (χ0n) is 8.85. The van der Waals surface area contributed by atoms with Crippen LogP contribution in [0.2, 0.25) is 0 Å². The van der Waals surface area contributed by atoms with E-state index in [1.165, 1.54) is 13.1 Å². The van der Waals surface area contributed by atoms with Crippen LogP contribution in [-0.2, 0) is 0 Å². The van der Waals surface area contributed by atoms with Crippen LogP contribution in [0.4, 0.5) is 0 Å². The number of hydrogen-bond acceptors (Lipinski definition) is 2. The van der Waals surface area contributed by atoms with Gasteiger partial charge in [0, 0.05) is 25.7 Å². The Hall–Kier alpha value is -0.0800. The van der Waals surface area contributed by atoms with Gasteiger partial charge in [-0.25, -0.2) is 0 Å². The van der Waals surface area contributed by atoms with Crippen LogP contribution in [0.5, 0.6) is 0 Å². The van der Waals surface area contributed by atoms with Crippen molar-refractivity contribution >= 4 is 0 Å². The zero-order chi connectivity index (χ0) is 9.19. The lowest BCUT2D eigenvalue weighted by Gasteiger charge is -2.36. The highest BCUT2D eigenvalue weighted by atomic mass is 15.2. The van der Waals surface area contributed by atoms with Gasteiger partial charge in [0.15, 0.2) is 0 Å². The molecule has 0 saturated carbocycles. The maximum atomic E-state index is 3.49. The van der Waals surface area contributed by atoms with Gasteiger partial charge in [0.05, 0.1) is 0 Å². The van der Waals surface area contributed by atoms with Crippen LogP contribution in [0, 0.1) is 5.41 Å². The van der Waals surface area contributed by atoms with Gasteiger partial charge in [0.25, 0.3) is 0 Å². The van der Waals surface area contributed by atoms with E-state index in [1.54, 1.807) is 0 Å². The molecule has 1 atom stereocenters. The molecule has 72 valence electrons. The molecule has 1 heterocycles. The third kappa shape index (κ3) is 1.99. The van der Waals surface area contributed by atoms with E-state index in [0.717, 1.165) is 13.1 Å². The molecule has 1 N–H and O–H groups in total. The molecule has 0 amide bonds. The van der Waals surface area contributed by atoms with Gasteiger partial charge >= 0.3 is 0 Å². The molecule has 12 heavy (non-hydrogen) atoms. The van der Waals surface area contributed by atoms with Gasteiger partial charge in [-0.05, 0) is 18.9 Å². The van der Waals surface area contributed by atoms with E-state index >= 15 is 0 Å². The first-order valence-electron chi connectivity index (χ1n) is 5.02. The van der Waals surface area contributed by atoms with Crippen molar-refractivity contribution in [1.29, 1.82) is 0 Å². The Labute approximate surface area is 76.3 Å². The van der Waals surface area contributed by atoms with E-state index in [1.807, 2.05) is 0 Å². The average molecular weight is 170 g/mol. The SMILES string of the molecule is CCN1CCNCC(C)(C)C1C. The highest BCUT2D eigenvalue weighted by Crippen LogP contribution is 2.25. The molecule has 1 saturated heterocycles. The van der Waals surface area contributed by atoms with Crippen molar-refractivity contribution in [2.24, 2.45) is 5.41 Å². The Morgan fingerprint density at radius 3 is 2.75 bits per heavy atom. The van der Waals surface area contributed by atoms with E-state index in [4.69, 9.17) is 0 Å². The normalized spacial score (nSPS) is 31.5. The van der Waals surface area contributed by atoms with E-state index in [9.17, 15) is 0 Å². The summed E-state index contributed by atoms with van der Waals surface area (Å²) in [6.45, 7) is 13.9. The molecule has 1 rings (SSSR count). The Morgan fingerprint density at radius 2 is 2.17 bits per heavy atom. The second kappa shape index (κ2) is 3.75. The van der Waals surface area contributed by atoms with Crippen LogP contribution in [0.25, 0.3) is 0 Å². The number of hydrogen-bond donors (Lipinski definition) is 1. The molecule has 0 bridgehead atoms. The van der Waals surface area contributed by atoms with Gasteiger partial charge in [0.1, 0.15) is 0 Å². The molecule has 0 aromatic carbocycles. The van der Waals surface area contributed by atoms with Crippen LogP contribution >= 0.6 is 0 Å². The summed E-state index contributed by atoms with van der Waals surface area (Å²) in [5.74, 6) is 0. The molecular weight excluding hydrogens is 148 g/mol. The largest absolute Gasteiger partial charge is 0.315 e. The van der Waals surface area contributed by atoms with E-state index in [2.05, 4.69) is 37.9 Å². The van der Waals surface area contributed by atoms with Crippen molar-refractivity contribution in [3.63, 3.8) is 0 Å². The molecule has 2 nitrogen and oxygen atoms in total. The van der Waals surface area contributed by atoms with Gasteiger partial charge in [0.2, 0.25) is 0 Å². The molecule has 0 radical (unpaired) electrons. The lowest BCUT2D eigenvalue weighted by molar-refractivity contribution is 0.131. The topological polar surface area (TPSA) is 15.3 Å². The number of likely N-dealkylation sites (N-methyl/N-ethyl adjacent to an activating group) is 1. The van der Waals surface area contributed by atoms with Crippen molar-refractivity contribution in [2.45, 2.75) is 33.7 Å². The van der Waals surface area contributed by atoms with Gasteiger partial charge in [-0.15, -0.1) is 0 Å². The fraction of sp³-hybridized carbons (Fsp3) is 1.00. The average Bonchev–Trinajstić information content (AvgIpc) is 2.14. The van der Waals surface area contributed by atoms with Crippen molar-refractivity contribution < 1.29 is 0 Å². The zero-order valence-corrected chi connectivity index (χ0v) is 8.85. The third-order valence-corrected chi connectivity index (χ3v) is 3.24. The summed E-state index contributed by atoms with van der Waals surface area (Å²) in [6.07, 6.45) is 0. The molecule has 1 aliphatic heterocycles. The molecule has 1 aliphatic rings. The molecule has 0 aromatic rings. The Morgan fingerprint density at radius 1 is 1.50 bits per heavy atom. The minimum absolute atomic E-state index is 0.409. The summed E-state index contributed by atoms with van der Waals surface area (Å²) in [5, 5.41) is 3.49. The fourth-order valence-corrected chi connectivity index (χ4v) is 1.90. The first-order valence-corrected chi connectivity index (χ1v) is 5.02. The molecule has 1 unspecified atom stereocenters. The van der Waals surface area contributed by atoms with Crippen LogP contribution in [0.3, 0.4) is 0 Å². The van der Waals surface area contributed by atoms with Crippen molar-refractivity contribution in [3.05, 3.63) is 0 Å². The predicted molar refractivity (Wildman–Crippen MR) is 53.4 cm³/mol. The monoisotopic (exact) mass is 170 g/mol. The lowest BCUT2D eigenvalue weighted by atomic mass is 9.85.